The lowest BCUT2D eigenvalue weighted by Gasteiger charge is -2.37. The van der Waals surface area contributed by atoms with Gasteiger partial charge in [0, 0.05) is 17.8 Å². The quantitative estimate of drug-likeness (QED) is 0.922. The predicted octanol–water partition coefficient (Wildman–Crippen LogP) is 2.39. The second kappa shape index (κ2) is 6.19. The number of hydrogen-bond acceptors (Lipinski definition) is 3. The fourth-order valence-electron chi connectivity index (χ4n) is 2.67. The summed E-state index contributed by atoms with van der Waals surface area (Å²) in [5.74, 6) is -0.874. The Bertz CT molecular complexity index is 444. The number of carboxylic acids is 1. The maximum Gasteiger partial charge on any atom is 0.326 e. The van der Waals surface area contributed by atoms with Crippen LogP contribution in [0.5, 0.6) is 0 Å². The number of piperidine rings is 1. The second-order valence-electron chi connectivity index (χ2n) is 5.07. The van der Waals surface area contributed by atoms with Crippen molar-refractivity contribution in [1.82, 2.24) is 4.90 Å². The minimum Gasteiger partial charge on any atom is -0.480 e. The molecule has 5 heteroatoms. The fraction of sp³-hybridized carbons (Fsp3) is 0.571. The molecule has 19 heavy (non-hydrogen) atoms. The van der Waals surface area contributed by atoms with Gasteiger partial charge in [0.25, 0.3) is 0 Å². The molecular formula is C14H19NO3S. The molecule has 0 spiro atoms. The monoisotopic (exact) mass is 281 g/mol. The molecule has 2 rings (SSSR count). The Labute approximate surface area is 117 Å². The normalized spacial score (nSPS) is 23.3. The van der Waals surface area contributed by atoms with E-state index in [1.165, 1.54) is 4.88 Å². The molecule has 2 unspecified atom stereocenters. The van der Waals surface area contributed by atoms with Crippen LogP contribution in [0.1, 0.15) is 31.1 Å². The van der Waals surface area contributed by atoms with Crippen LogP contribution in [0, 0.1) is 5.92 Å². The maximum atomic E-state index is 12.2. The molecule has 0 aromatic carbocycles. The average molecular weight is 281 g/mol. The summed E-state index contributed by atoms with van der Waals surface area (Å²) in [4.78, 5) is 26.3. The van der Waals surface area contributed by atoms with E-state index < -0.39 is 12.0 Å². The number of rotatable bonds is 4. The van der Waals surface area contributed by atoms with E-state index in [4.69, 9.17) is 0 Å². The summed E-state index contributed by atoms with van der Waals surface area (Å²) in [6.45, 7) is 2.49. The number of thiophene rings is 1. The van der Waals surface area contributed by atoms with Crippen LogP contribution in [0.3, 0.4) is 0 Å². The third-order valence-electron chi connectivity index (χ3n) is 3.67. The molecule has 1 amide bonds. The minimum atomic E-state index is -0.878. The Morgan fingerprint density at radius 1 is 1.53 bits per heavy atom. The van der Waals surface area contributed by atoms with Crippen LogP contribution < -0.4 is 0 Å². The lowest BCUT2D eigenvalue weighted by Crippen LogP contribution is -2.51. The zero-order valence-corrected chi connectivity index (χ0v) is 11.9. The Hall–Kier alpha value is -1.36. The molecule has 1 fully saturated rings. The van der Waals surface area contributed by atoms with Crippen molar-refractivity contribution in [1.29, 1.82) is 0 Å². The molecule has 2 atom stereocenters. The molecule has 4 nitrogen and oxygen atoms in total. The van der Waals surface area contributed by atoms with E-state index in [0.717, 1.165) is 12.8 Å². The van der Waals surface area contributed by atoms with Gasteiger partial charge in [-0.2, -0.15) is 0 Å². The van der Waals surface area contributed by atoms with Crippen LogP contribution in [0.2, 0.25) is 0 Å². The Balaban J connectivity index is 1.97. The highest BCUT2D eigenvalue weighted by Crippen LogP contribution is 2.24. The van der Waals surface area contributed by atoms with Crippen molar-refractivity contribution >= 4 is 23.2 Å². The summed E-state index contributed by atoms with van der Waals surface area (Å²) in [5, 5.41) is 11.3. The number of aliphatic carboxylic acids is 1. The predicted molar refractivity (Wildman–Crippen MR) is 74.2 cm³/mol. The van der Waals surface area contributed by atoms with Crippen LogP contribution in [0.25, 0.3) is 0 Å². The molecule has 1 aromatic rings. The summed E-state index contributed by atoms with van der Waals surface area (Å²) in [5.41, 5.74) is 0. The lowest BCUT2D eigenvalue weighted by atomic mass is 9.90. The number of carbonyl (C=O) groups is 2. The highest BCUT2D eigenvalue weighted by atomic mass is 32.1. The van der Waals surface area contributed by atoms with Gasteiger partial charge >= 0.3 is 5.97 Å². The van der Waals surface area contributed by atoms with Gasteiger partial charge in [-0.3, -0.25) is 4.79 Å². The van der Waals surface area contributed by atoms with Gasteiger partial charge in [0.1, 0.15) is 6.04 Å². The first-order valence-electron chi connectivity index (χ1n) is 6.64. The first-order chi connectivity index (χ1) is 9.09. The average Bonchev–Trinajstić information content (AvgIpc) is 2.88. The van der Waals surface area contributed by atoms with E-state index in [1.807, 2.05) is 24.4 Å². The zero-order chi connectivity index (χ0) is 13.8. The molecule has 0 bridgehead atoms. The number of aryl methyl sites for hydroxylation is 1. The van der Waals surface area contributed by atoms with Gasteiger partial charge in [-0.25, -0.2) is 4.79 Å². The second-order valence-corrected chi connectivity index (χ2v) is 6.10. The molecular weight excluding hydrogens is 262 g/mol. The molecule has 1 aromatic heterocycles. The molecule has 2 heterocycles. The summed E-state index contributed by atoms with van der Waals surface area (Å²) in [7, 11) is 0. The van der Waals surface area contributed by atoms with E-state index in [9.17, 15) is 14.7 Å². The van der Waals surface area contributed by atoms with Crippen LogP contribution in [0.15, 0.2) is 17.5 Å². The number of nitrogens with zero attached hydrogens (tertiary/aromatic N) is 1. The number of carboxylic acid groups (broad SMARTS) is 1. The summed E-state index contributed by atoms with van der Waals surface area (Å²) in [6, 6.07) is 3.32. The molecule has 104 valence electrons. The Morgan fingerprint density at radius 3 is 2.95 bits per heavy atom. The third kappa shape index (κ3) is 3.35. The fourth-order valence-corrected chi connectivity index (χ4v) is 3.38. The molecule has 1 aliphatic rings. The largest absolute Gasteiger partial charge is 0.480 e. The number of carbonyl (C=O) groups excluding carboxylic acids is 1. The van der Waals surface area contributed by atoms with E-state index in [1.54, 1.807) is 16.2 Å². The Morgan fingerprint density at radius 2 is 2.32 bits per heavy atom. The first-order valence-corrected chi connectivity index (χ1v) is 7.52. The minimum absolute atomic E-state index is 0.0349. The standard InChI is InChI=1S/C14H19NO3S/c1-10-4-2-8-15(13(10)14(17)18)12(16)7-6-11-5-3-9-19-11/h3,5,9-10,13H,2,4,6-8H2,1H3,(H,17,18). The third-order valence-corrected chi connectivity index (χ3v) is 4.61. The highest BCUT2D eigenvalue weighted by molar-refractivity contribution is 7.09. The number of likely N-dealkylation sites (tertiary alicyclic amines) is 1. The van der Waals surface area contributed by atoms with E-state index in [-0.39, 0.29) is 11.8 Å². The Kier molecular flexibility index (Phi) is 4.58. The van der Waals surface area contributed by atoms with Gasteiger partial charge in [-0.15, -0.1) is 11.3 Å². The van der Waals surface area contributed by atoms with Crippen molar-refractivity contribution in [3.05, 3.63) is 22.4 Å². The summed E-state index contributed by atoms with van der Waals surface area (Å²) >= 11 is 1.63. The van der Waals surface area contributed by atoms with Crippen molar-refractivity contribution in [2.24, 2.45) is 5.92 Å². The molecule has 0 radical (unpaired) electrons. The van der Waals surface area contributed by atoms with Crippen molar-refractivity contribution < 1.29 is 14.7 Å². The molecule has 1 aliphatic heterocycles. The maximum absolute atomic E-state index is 12.2. The van der Waals surface area contributed by atoms with E-state index in [0.29, 0.717) is 19.4 Å². The number of hydrogen-bond donors (Lipinski definition) is 1. The zero-order valence-electron chi connectivity index (χ0n) is 11.0. The summed E-state index contributed by atoms with van der Waals surface area (Å²) in [6.07, 6.45) is 2.88. The van der Waals surface area contributed by atoms with Crippen LogP contribution in [-0.4, -0.2) is 34.5 Å². The lowest BCUT2D eigenvalue weighted by molar-refractivity contribution is -0.154. The van der Waals surface area contributed by atoms with Crippen molar-refractivity contribution in [2.45, 2.75) is 38.6 Å². The van der Waals surface area contributed by atoms with Gasteiger partial charge in [-0.05, 0) is 36.6 Å². The molecule has 1 saturated heterocycles. The van der Waals surface area contributed by atoms with Gasteiger partial charge in [0.2, 0.25) is 5.91 Å². The SMILES string of the molecule is CC1CCCN(C(=O)CCc2cccs2)C1C(=O)O. The topological polar surface area (TPSA) is 57.6 Å². The number of amides is 1. The van der Waals surface area contributed by atoms with Crippen molar-refractivity contribution in [3.63, 3.8) is 0 Å². The smallest absolute Gasteiger partial charge is 0.326 e. The van der Waals surface area contributed by atoms with Gasteiger partial charge < -0.3 is 10.0 Å². The van der Waals surface area contributed by atoms with Crippen molar-refractivity contribution in [2.75, 3.05) is 6.54 Å². The van der Waals surface area contributed by atoms with Gasteiger partial charge in [-0.1, -0.05) is 13.0 Å². The first kappa shape index (κ1) is 14.1. The van der Waals surface area contributed by atoms with Crippen LogP contribution in [0.4, 0.5) is 0 Å². The van der Waals surface area contributed by atoms with Crippen LogP contribution in [-0.2, 0) is 16.0 Å². The molecule has 0 aliphatic carbocycles. The molecule has 0 saturated carbocycles. The van der Waals surface area contributed by atoms with Gasteiger partial charge in [0.15, 0.2) is 0 Å². The summed E-state index contributed by atoms with van der Waals surface area (Å²) < 4.78 is 0. The van der Waals surface area contributed by atoms with E-state index >= 15 is 0 Å². The van der Waals surface area contributed by atoms with Crippen LogP contribution >= 0.6 is 11.3 Å². The van der Waals surface area contributed by atoms with Gasteiger partial charge in [0.05, 0.1) is 0 Å². The van der Waals surface area contributed by atoms with Crippen molar-refractivity contribution in [3.8, 4) is 0 Å². The highest BCUT2D eigenvalue weighted by Gasteiger charge is 2.36. The van der Waals surface area contributed by atoms with E-state index in [2.05, 4.69) is 0 Å². The molecule has 1 N–H and O–H groups in total.